The van der Waals surface area contributed by atoms with Crippen LogP contribution in [0.15, 0.2) is 53.4 Å². The largest absolute Gasteiger partial charge is 0.497 e. The number of hydrogen-bond donors (Lipinski definition) is 1. The number of methoxy groups -OCH3 is 1. The SMILES string of the molecule is CCOc1cccc2sc(-n3nc(C)cc3NC(=O)CCCS(=O)(=O)c3ccc(OC)cc3)nc12. The Morgan fingerprint density at radius 3 is 2.66 bits per heavy atom. The van der Waals surface area contributed by atoms with Gasteiger partial charge in [-0.3, -0.25) is 4.79 Å². The third-order valence-electron chi connectivity index (χ3n) is 5.19. The Kier molecular flexibility index (Phi) is 7.37. The second kappa shape index (κ2) is 10.4. The molecule has 1 N–H and O–H groups in total. The molecule has 0 unspecified atom stereocenters. The highest BCUT2D eigenvalue weighted by Crippen LogP contribution is 2.32. The van der Waals surface area contributed by atoms with Crippen LogP contribution in [0.2, 0.25) is 0 Å². The molecule has 2 aromatic heterocycles. The summed E-state index contributed by atoms with van der Waals surface area (Å²) in [7, 11) is -1.98. The molecular weight excluding hydrogens is 488 g/mol. The summed E-state index contributed by atoms with van der Waals surface area (Å²) < 4.78 is 38.4. The zero-order valence-electron chi connectivity index (χ0n) is 19.6. The van der Waals surface area contributed by atoms with Gasteiger partial charge in [0, 0.05) is 12.5 Å². The molecule has 2 aromatic carbocycles. The number of aryl methyl sites for hydroxylation is 1. The van der Waals surface area contributed by atoms with Gasteiger partial charge in [-0.15, -0.1) is 0 Å². The minimum atomic E-state index is -3.50. The van der Waals surface area contributed by atoms with Crippen LogP contribution < -0.4 is 14.8 Å². The average Bonchev–Trinajstić information content (AvgIpc) is 3.42. The van der Waals surface area contributed by atoms with Gasteiger partial charge in [0.2, 0.25) is 11.0 Å². The summed E-state index contributed by atoms with van der Waals surface area (Å²) in [6.45, 7) is 4.27. The number of para-hydroxylation sites is 1. The topological polar surface area (TPSA) is 112 Å². The molecule has 0 aliphatic heterocycles. The summed E-state index contributed by atoms with van der Waals surface area (Å²) >= 11 is 1.44. The smallest absolute Gasteiger partial charge is 0.225 e. The van der Waals surface area contributed by atoms with Gasteiger partial charge < -0.3 is 14.8 Å². The van der Waals surface area contributed by atoms with Crippen molar-refractivity contribution in [3.8, 4) is 16.6 Å². The van der Waals surface area contributed by atoms with Crippen molar-refractivity contribution >= 4 is 43.1 Å². The van der Waals surface area contributed by atoms with Crippen LogP contribution in [0.25, 0.3) is 15.3 Å². The lowest BCUT2D eigenvalue weighted by Crippen LogP contribution is -2.16. The van der Waals surface area contributed by atoms with Crippen LogP contribution in [0.4, 0.5) is 5.82 Å². The van der Waals surface area contributed by atoms with Gasteiger partial charge in [0.1, 0.15) is 22.8 Å². The van der Waals surface area contributed by atoms with Crippen molar-refractivity contribution in [1.82, 2.24) is 14.8 Å². The maximum absolute atomic E-state index is 12.6. The Labute approximate surface area is 207 Å². The zero-order chi connectivity index (χ0) is 25.0. The lowest BCUT2D eigenvalue weighted by atomic mass is 10.3. The highest BCUT2D eigenvalue weighted by molar-refractivity contribution is 7.91. The number of aromatic nitrogens is 3. The first-order valence-electron chi connectivity index (χ1n) is 11.1. The van der Waals surface area contributed by atoms with Crippen LogP contribution in [0, 0.1) is 6.92 Å². The molecule has 0 fully saturated rings. The number of thiazole rings is 1. The molecule has 0 saturated heterocycles. The Bertz CT molecular complexity index is 1440. The number of amides is 1. The number of rotatable bonds is 10. The Hall–Kier alpha value is -3.44. The van der Waals surface area contributed by atoms with E-state index in [1.54, 1.807) is 22.9 Å². The molecule has 35 heavy (non-hydrogen) atoms. The number of fused-ring (bicyclic) bond motifs is 1. The predicted octanol–water partition coefficient (Wildman–Crippen LogP) is 4.39. The first-order valence-corrected chi connectivity index (χ1v) is 13.5. The van der Waals surface area contributed by atoms with Crippen molar-refractivity contribution in [3.05, 3.63) is 54.2 Å². The van der Waals surface area contributed by atoms with Gasteiger partial charge in [-0.25, -0.2) is 13.4 Å². The van der Waals surface area contributed by atoms with Gasteiger partial charge in [0.25, 0.3) is 0 Å². The lowest BCUT2D eigenvalue weighted by molar-refractivity contribution is -0.116. The van der Waals surface area contributed by atoms with Crippen LogP contribution in [0.5, 0.6) is 11.5 Å². The Balaban J connectivity index is 1.43. The number of carbonyl (C=O) groups excluding carboxylic acids is 1. The van der Waals surface area contributed by atoms with E-state index in [4.69, 9.17) is 9.47 Å². The van der Waals surface area contributed by atoms with Gasteiger partial charge in [-0.1, -0.05) is 17.4 Å². The van der Waals surface area contributed by atoms with E-state index in [0.717, 1.165) is 10.2 Å². The molecule has 0 aliphatic carbocycles. The van der Waals surface area contributed by atoms with E-state index >= 15 is 0 Å². The number of benzene rings is 2. The van der Waals surface area contributed by atoms with Crippen molar-refractivity contribution in [2.45, 2.75) is 31.6 Å². The molecule has 0 spiro atoms. The Morgan fingerprint density at radius 1 is 1.17 bits per heavy atom. The van der Waals surface area contributed by atoms with Crippen molar-refractivity contribution in [2.75, 3.05) is 24.8 Å². The highest BCUT2D eigenvalue weighted by Gasteiger charge is 2.18. The summed E-state index contributed by atoms with van der Waals surface area (Å²) in [4.78, 5) is 17.5. The van der Waals surface area contributed by atoms with Gasteiger partial charge in [0.15, 0.2) is 9.84 Å². The standard InChI is InChI=1S/C24H26N4O5S2/c1-4-33-19-7-5-8-20-23(19)26-24(34-20)28-21(15-16(2)27-28)25-22(29)9-6-14-35(30,31)18-12-10-17(32-3)11-13-18/h5,7-8,10-13,15H,4,6,9,14H2,1-3H3,(H,25,29). The van der Waals surface area contributed by atoms with E-state index < -0.39 is 9.84 Å². The van der Waals surface area contributed by atoms with Crippen molar-refractivity contribution in [1.29, 1.82) is 0 Å². The molecule has 0 saturated carbocycles. The van der Waals surface area contributed by atoms with E-state index in [1.807, 2.05) is 32.0 Å². The fourth-order valence-electron chi connectivity index (χ4n) is 3.54. The van der Waals surface area contributed by atoms with Crippen LogP contribution in [0.1, 0.15) is 25.5 Å². The van der Waals surface area contributed by atoms with Gasteiger partial charge in [-0.2, -0.15) is 9.78 Å². The van der Waals surface area contributed by atoms with E-state index in [-0.39, 0.29) is 29.4 Å². The molecule has 184 valence electrons. The Morgan fingerprint density at radius 2 is 1.94 bits per heavy atom. The summed E-state index contributed by atoms with van der Waals surface area (Å²) in [5.74, 6) is 1.32. The molecular formula is C24H26N4O5S2. The second-order valence-corrected chi connectivity index (χ2v) is 10.9. The summed E-state index contributed by atoms with van der Waals surface area (Å²) in [6.07, 6.45) is 0.236. The molecule has 2 heterocycles. The van der Waals surface area contributed by atoms with E-state index in [0.29, 0.717) is 34.7 Å². The van der Waals surface area contributed by atoms with Crippen molar-refractivity contribution in [3.63, 3.8) is 0 Å². The predicted molar refractivity (Wildman–Crippen MR) is 136 cm³/mol. The van der Waals surface area contributed by atoms with Crippen LogP contribution in [-0.4, -0.2) is 48.6 Å². The molecule has 4 aromatic rings. The number of nitrogens with one attached hydrogen (secondary N) is 1. The number of ether oxygens (including phenoxy) is 2. The zero-order valence-corrected chi connectivity index (χ0v) is 21.3. The molecule has 1 amide bonds. The number of hydrogen-bond acceptors (Lipinski definition) is 8. The number of sulfone groups is 1. The molecule has 4 rings (SSSR count). The van der Waals surface area contributed by atoms with Crippen LogP contribution in [-0.2, 0) is 14.6 Å². The maximum Gasteiger partial charge on any atom is 0.225 e. The molecule has 0 bridgehead atoms. The average molecular weight is 515 g/mol. The molecule has 9 nitrogen and oxygen atoms in total. The lowest BCUT2D eigenvalue weighted by Gasteiger charge is -2.08. The number of nitrogens with zero attached hydrogens (tertiary/aromatic N) is 3. The van der Waals surface area contributed by atoms with Crippen molar-refractivity contribution < 1.29 is 22.7 Å². The third-order valence-corrected chi connectivity index (χ3v) is 8.00. The van der Waals surface area contributed by atoms with Gasteiger partial charge in [-0.05, 0) is 56.7 Å². The quantitative estimate of drug-likeness (QED) is 0.334. The summed E-state index contributed by atoms with van der Waals surface area (Å²) in [6, 6.07) is 13.7. The number of anilines is 1. The van der Waals surface area contributed by atoms with Gasteiger partial charge >= 0.3 is 0 Å². The maximum atomic E-state index is 12.6. The second-order valence-electron chi connectivity index (χ2n) is 7.76. The normalized spacial score (nSPS) is 11.5. The molecule has 11 heteroatoms. The molecule has 0 aliphatic rings. The fraction of sp³-hybridized carbons (Fsp3) is 0.292. The van der Waals surface area contributed by atoms with E-state index in [2.05, 4.69) is 15.4 Å². The molecule has 0 atom stereocenters. The summed E-state index contributed by atoms with van der Waals surface area (Å²) in [5.41, 5.74) is 1.45. The number of carbonyl (C=O) groups is 1. The first kappa shape index (κ1) is 24.7. The fourth-order valence-corrected chi connectivity index (χ4v) is 5.80. The minimum Gasteiger partial charge on any atom is -0.497 e. The minimum absolute atomic E-state index is 0.0495. The van der Waals surface area contributed by atoms with Crippen molar-refractivity contribution in [2.24, 2.45) is 0 Å². The third kappa shape index (κ3) is 5.63. The monoisotopic (exact) mass is 514 g/mol. The molecule has 0 radical (unpaired) electrons. The van der Waals surface area contributed by atoms with E-state index in [9.17, 15) is 13.2 Å². The van der Waals surface area contributed by atoms with Gasteiger partial charge in [0.05, 0.1) is 34.8 Å². The van der Waals surface area contributed by atoms with Crippen LogP contribution >= 0.6 is 11.3 Å². The van der Waals surface area contributed by atoms with Crippen LogP contribution in [0.3, 0.4) is 0 Å². The first-order chi connectivity index (χ1) is 16.8. The highest BCUT2D eigenvalue weighted by atomic mass is 32.2. The van der Waals surface area contributed by atoms with E-state index in [1.165, 1.54) is 30.6 Å². The summed E-state index contributed by atoms with van der Waals surface area (Å²) in [5, 5.41) is 7.92.